The van der Waals surface area contributed by atoms with Crippen molar-refractivity contribution in [3.05, 3.63) is 0 Å². The van der Waals surface area contributed by atoms with Gasteiger partial charge in [0.25, 0.3) is 0 Å². The van der Waals surface area contributed by atoms with E-state index in [1.54, 1.807) is 0 Å². The fourth-order valence-corrected chi connectivity index (χ4v) is 3.24. The Labute approximate surface area is 206 Å². The van der Waals surface area contributed by atoms with Gasteiger partial charge in [-0.25, -0.2) is 0 Å². The molecular formula is C22H43N7O6. The van der Waals surface area contributed by atoms with Crippen molar-refractivity contribution < 1.29 is 29.1 Å². The Kier molecular flexibility index (Phi) is 17.1. The first-order valence-corrected chi connectivity index (χ1v) is 12.0. The van der Waals surface area contributed by atoms with Crippen molar-refractivity contribution in [1.82, 2.24) is 21.3 Å². The molecule has 0 aromatic heterocycles. The molecule has 0 saturated heterocycles. The van der Waals surface area contributed by atoms with Gasteiger partial charge in [-0.1, -0.05) is 13.8 Å². The molecule has 3 atom stereocenters. The molecular weight excluding hydrogens is 458 g/mol. The number of carbonyl (C=O) groups excluding carboxylic acids is 4. The third-order valence-electron chi connectivity index (χ3n) is 5.08. The molecule has 0 unspecified atom stereocenters. The van der Waals surface area contributed by atoms with Gasteiger partial charge in [-0.05, 0) is 64.0 Å². The lowest BCUT2D eigenvalue weighted by Crippen LogP contribution is -2.55. The van der Waals surface area contributed by atoms with Crippen molar-refractivity contribution in [3.63, 3.8) is 0 Å². The molecule has 0 fully saturated rings. The first-order valence-electron chi connectivity index (χ1n) is 12.0. The molecule has 202 valence electrons. The molecule has 0 bridgehead atoms. The van der Waals surface area contributed by atoms with Gasteiger partial charge >= 0.3 is 5.97 Å². The monoisotopic (exact) mass is 501 g/mol. The molecule has 0 aliphatic rings. The Morgan fingerprint density at radius 1 is 0.743 bits per heavy atom. The predicted octanol–water partition coefficient (Wildman–Crippen LogP) is -2.10. The first-order chi connectivity index (χ1) is 16.5. The Morgan fingerprint density at radius 3 is 1.74 bits per heavy atom. The second-order valence-corrected chi connectivity index (χ2v) is 8.82. The Balaban J connectivity index is 5.15. The van der Waals surface area contributed by atoms with Gasteiger partial charge < -0.3 is 43.6 Å². The average molecular weight is 502 g/mol. The first kappa shape index (κ1) is 32.2. The normalized spacial score (nSPS) is 13.4. The summed E-state index contributed by atoms with van der Waals surface area (Å²) in [5.41, 5.74) is 16.8. The maximum atomic E-state index is 12.9. The van der Waals surface area contributed by atoms with Crippen molar-refractivity contribution in [3.8, 4) is 0 Å². The van der Waals surface area contributed by atoms with Crippen LogP contribution in [0.5, 0.6) is 0 Å². The molecule has 0 aromatic carbocycles. The molecule has 35 heavy (non-hydrogen) atoms. The largest absolute Gasteiger partial charge is 0.480 e. The minimum atomic E-state index is -1.22. The van der Waals surface area contributed by atoms with E-state index in [0.29, 0.717) is 45.2 Å². The number of hydrogen-bond donors (Lipinski definition) is 8. The molecule has 13 heteroatoms. The molecule has 11 N–H and O–H groups in total. The summed E-state index contributed by atoms with van der Waals surface area (Å²) < 4.78 is 0. The number of carbonyl (C=O) groups is 5. The number of nitrogens with one attached hydrogen (secondary N) is 4. The van der Waals surface area contributed by atoms with Crippen LogP contribution >= 0.6 is 0 Å². The van der Waals surface area contributed by atoms with Crippen LogP contribution in [-0.4, -0.2) is 79.0 Å². The van der Waals surface area contributed by atoms with Crippen LogP contribution in [0, 0.1) is 5.92 Å². The average Bonchev–Trinajstić information content (AvgIpc) is 2.79. The molecule has 0 heterocycles. The van der Waals surface area contributed by atoms with Crippen molar-refractivity contribution in [2.45, 2.75) is 76.9 Å². The number of hydrogen-bond acceptors (Lipinski definition) is 8. The second kappa shape index (κ2) is 18.5. The Morgan fingerprint density at radius 2 is 1.26 bits per heavy atom. The molecule has 0 aromatic rings. The summed E-state index contributed by atoms with van der Waals surface area (Å²) in [5, 5.41) is 18.7. The summed E-state index contributed by atoms with van der Waals surface area (Å²) in [5.74, 6) is -3.29. The molecule has 0 rings (SSSR count). The molecule has 0 spiro atoms. The fourth-order valence-electron chi connectivity index (χ4n) is 3.24. The Bertz CT molecular complexity index is 689. The van der Waals surface area contributed by atoms with Crippen molar-refractivity contribution >= 4 is 29.6 Å². The van der Waals surface area contributed by atoms with E-state index in [9.17, 15) is 24.0 Å². The molecule has 4 amide bonds. The number of carboxylic acids is 1. The zero-order chi connectivity index (χ0) is 26.8. The number of nitrogens with two attached hydrogens (primary N) is 3. The van der Waals surface area contributed by atoms with Crippen molar-refractivity contribution in [2.24, 2.45) is 23.1 Å². The maximum Gasteiger partial charge on any atom is 0.322 e. The third-order valence-corrected chi connectivity index (χ3v) is 5.08. The molecule has 0 aliphatic heterocycles. The summed E-state index contributed by atoms with van der Waals surface area (Å²) in [6.45, 7) is 3.72. The highest BCUT2D eigenvalue weighted by molar-refractivity contribution is 5.94. The van der Waals surface area contributed by atoms with Crippen LogP contribution in [0.2, 0.25) is 0 Å². The summed E-state index contributed by atoms with van der Waals surface area (Å²) in [6, 6.07) is -2.71. The minimum Gasteiger partial charge on any atom is -0.480 e. The van der Waals surface area contributed by atoms with E-state index in [2.05, 4.69) is 21.3 Å². The van der Waals surface area contributed by atoms with Crippen LogP contribution < -0.4 is 38.5 Å². The molecule has 0 radical (unpaired) electrons. The van der Waals surface area contributed by atoms with E-state index in [-0.39, 0.29) is 25.3 Å². The molecule has 0 saturated carbocycles. The zero-order valence-corrected chi connectivity index (χ0v) is 20.8. The highest BCUT2D eigenvalue weighted by atomic mass is 16.4. The van der Waals surface area contributed by atoms with Gasteiger partial charge in [-0.15, -0.1) is 0 Å². The topological polar surface area (TPSA) is 232 Å². The van der Waals surface area contributed by atoms with Crippen LogP contribution in [0.15, 0.2) is 0 Å². The van der Waals surface area contributed by atoms with Gasteiger partial charge in [0.2, 0.25) is 23.6 Å². The number of amides is 4. The van der Waals surface area contributed by atoms with Crippen LogP contribution in [0.1, 0.15) is 58.8 Å². The van der Waals surface area contributed by atoms with Gasteiger partial charge in [0.1, 0.15) is 18.6 Å². The van der Waals surface area contributed by atoms with E-state index in [4.69, 9.17) is 22.3 Å². The Hall–Kier alpha value is -2.77. The van der Waals surface area contributed by atoms with Crippen LogP contribution in [0.3, 0.4) is 0 Å². The number of carboxylic acid groups (broad SMARTS) is 1. The van der Waals surface area contributed by atoms with Gasteiger partial charge in [-0.2, -0.15) is 0 Å². The zero-order valence-electron chi connectivity index (χ0n) is 20.8. The van der Waals surface area contributed by atoms with E-state index in [1.165, 1.54) is 0 Å². The maximum absolute atomic E-state index is 12.9. The summed E-state index contributed by atoms with van der Waals surface area (Å²) in [4.78, 5) is 60.6. The minimum absolute atomic E-state index is 0.214. The van der Waals surface area contributed by atoms with Crippen LogP contribution in [0.4, 0.5) is 0 Å². The number of rotatable bonds is 19. The number of unbranched alkanes of at least 4 members (excludes halogenated alkanes) is 2. The molecule has 13 nitrogen and oxygen atoms in total. The smallest absolute Gasteiger partial charge is 0.322 e. The summed E-state index contributed by atoms with van der Waals surface area (Å²) >= 11 is 0. The van der Waals surface area contributed by atoms with E-state index in [0.717, 1.165) is 0 Å². The van der Waals surface area contributed by atoms with Crippen molar-refractivity contribution in [1.29, 1.82) is 0 Å². The summed E-state index contributed by atoms with van der Waals surface area (Å²) in [7, 11) is 0. The van der Waals surface area contributed by atoms with Crippen LogP contribution in [0.25, 0.3) is 0 Å². The lowest BCUT2D eigenvalue weighted by Gasteiger charge is -2.23. The van der Waals surface area contributed by atoms with Gasteiger partial charge in [0, 0.05) is 0 Å². The van der Waals surface area contributed by atoms with Crippen LogP contribution in [-0.2, 0) is 24.0 Å². The highest BCUT2D eigenvalue weighted by Gasteiger charge is 2.27. The lowest BCUT2D eigenvalue weighted by molar-refractivity contribution is -0.138. The fraction of sp³-hybridized carbons (Fsp3) is 0.773. The van der Waals surface area contributed by atoms with Gasteiger partial charge in [0.05, 0.1) is 12.6 Å². The number of aliphatic carboxylic acids is 1. The van der Waals surface area contributed by atoms with E-state index in [1.807, 2.05) is 13.8 Å². The standard InChI is InChI=1S/C22H43N7O6/c1-14(2)11-15(25)20(33)26-12-18(30)28-17(8-4-6-10-24)22(35)29-16(7-3-5-9-23)21(34)27-13-19(31)32/h14-17H,3-13,23-25H2,1-2H3,(H,26,33)(H,27,34)(H,28,30)(H,29,35)(H,31,32)/t15-,16-,17-/m0/s1. The van der Waals surface area contributed by atoms with Crippen molar-refractivity contribution in [2.75, 3.05) is 26.2 Å². The highest BCUT2D eigenvalue weighted by Crippen LogP contribution is 2.06. The van der Waals surface area contributed by atoms with Gasteiger partial charge in [-0.3, -0.25) is 24.0 Å². The summed E-state index contributed by atoms with van der Waals surface area (Å²) in [6.07, 6.45) is 3.31. The SMILES string of the molecule is CC(C)C[C@H](N)C(=O)NCC(=O)N[C@@H](CCCCN)C(=O)N[C@@H](CCCCN)C(=O)NCC(=O)O. The van der Waals surface area contributed by atoms with Gasteiger partial charge in [0.15, 0.2) is 0 Å². The van der Waals surface area contributed by atoms with E-state index >= 15 is 0 Å². The third kappa shape index (κ3) is 15.7. The predicted molar refractivity (Wildman–Crippen MR) is 131 cm³/mol. The van der Waals surface area contributed by atoms with E-state index < -0.39 is 54.3 Å². The second-order valence-electron chi connectivity index (χ2n) is 8.82. The quantitative estimate of drug-likeness (QED) is 0.0904. The molecule has 0 aliphatic carbocycles. The lowest BCUT2D eigenvalue weighted by atomic mass is 10.0.